The van der Waals surface area contributed by atoms with Crippen LogP contribution in [0.4, 0.5) is 0 Å². The van der Waals surface area contributed by atoms with Crippen LogP contribution in [-0.2, 0) is 12.0 Å². The maximum absolute atomic E-state index is 6.28. The fraction of sp³-hybridized carbons (Fsp3) is 0.833. The van der Waals surface area contributed by atoms with Crippen LogP contribution in [0.5, 0.6) is 0 Å². The summed E-state index contributed by atoms with van der Waals surface area (Å²) in [5.74, 6) is 2.82. The average molecular weight is 223 g/mol. The van der Waals surface area contributed by atoms with E-state index in [4.69, 9.17) is 10.3 Å². The van der Waals surface area contributed by atoms with Gasteiger partial charge in [-0.1, -0.05) is 25.9 Å². The van der Waals surface area contributed by atoms with E-state index in [2.05, 4.69) is 30.9 Å². The summed E-state index contributed by atoms with van der Waals surface area (Å²) in [5.41, 5.74) is 5.95. The Kier molecular flexibility index (Phi) is 3.02. The van der Waals surface area contributed by atoms with Gasteiger partial charge in [0.15, 0.2) is 5.82 Å². The molecule has 1 heterocycles. The first-order valence-electron chi connectivity index (χ1n) is 6.17. The lowest BCUT2D eigenvalue weighted by Gasteiger charge is -2.44. The van der Waals surface area contributed by atoms with Gasteiger partial charge in [-0.25, -0.2) is 0 Å². The van der Waals surface area contributed by atoms with Crippen LogP contribution in [0.15, 0.2) is 4.52 Å². The van der Waals surface area contributed by atoms with Crippen molar-refractivity contribution >= 4 is 0 Å². The zero-order valence-corrected chi connectivity index (χ0v) is 10.4. The molecule has 16 heavy (non-hydrogen) atoms. The normalized spacial score (nSPS) is 29.4. The summed E-state index contributed by atoms with van der Waals surface area (Å²) in [4.78, 5) is 4.38. The Hall–Kier alpha value is -0.900. The van der Waals surface area contributed by atoms with E-state index in [-0.39, 0.29) is 5.54 Å². The SMILES string of the molecule is CCCc1nc(C2(N)CC(C(C)C)C2)no1. The molecular weight excluding hydrogens is 202 g/mol. The molecule has 0 spiro atoms. The van der Waals surface area contributed by atoms with E-state index in [1.165, 1.54) is 0 Å². The molecule has 0 atom stereocenters. The molecule has 0 unspecified atom stereocenters. The van der Waals surface area contributed by atoms with Gasteiger partial charge in [-0.15, -0.1) is 0 Å². The molecule has 0 amide bonds. The molecule has 0 radical (unpaired) electrons. The maximum atomic E-state index is 6.28. The second-order valence-electron chi connectivity index (χ2n) is 5.33. The number of hydrogen-bond acceptors (Lipinski definition) is 4. The van der Waals surface area contributed by atoms with Gasteiger partial charge in [-0.3, -0.25) is 0 Å². The smallest absolute Gasteiger partial charge is 0.226 e. The molecule has 1 aliphatic carbocycles. The second kappa shape index (κ2) is 4.17. The molecule has 1 saturated carbocycles. The number of hydrogen-bond donors (Lipinski definition) is 1. The van der Waals surface area contributed by atoms with E-state index >= 15 is 0 Å². The van der Waals surface area contributed by atoms with Crippen LogP contribution in [0, 0.1) is 11.8 Å². The quantitative estimate of drug-likeness (QED) is 0.850. The van der Waals surface area contributed by atoms with E-state index < -0.39 is 0 Å². The van der Waals surface area contributed by atoms with Crippen molar-refractivity contribution < 1.29 is 4.52 Å². The van der Waals surface area contributed by atoms with Crippen LogP contribution in [0.25, 0.3) is 0 Å². The summed E-state index contributed by atoms with van der Waals surface area (Å²) in [6, 6.07) is 0. The van der Waals surface area contributed by atoms with Crippen molar-refractivity contribution in [2.24, 2.45) is 17.6 Å². The lowest BCUT2D eigenvalue weighted by molar-refractivity contribution is 0.0944. The second-order valence-corrected chi connectivity index (χ2v) is 5.33. The summed E-state index contributed by atoms with van der Waals surface area (Å²) in [7, 11) is 0. The molecule has 1 aromatic rings. The van der Waals surface area contributed by atoms with Gasteiger partial charge in [-0.05, 0) is 31.1 Å². The lowest BCUT2D eigenvalue weighted by Crippen LogP contribution is -2.51. The first kappa shape index (κ1) is 11.6. The van der Waals surface area contributed by atoms with Crippen LogP contribution in [0.3, 0.4) is 0 Å². The van der Waals surface area contributed by atoms with Crippen molar-refractivity contribution in [1.82, 2.24) is 10.1 Å². The van der Waals surface area contributed by atoms with Crippen LogP contribution >= 0.6 is 0 Å². The first-order valence-corrected chi connectivity index (χ1v) is 6.17. The first-order chi connectivity index (χ1) is 7.55. The van der Waals surface area contributed by atoms with Crippen LogP contribution < -0.4 is 5.73 Å². The van der Waals surface area contributed by atoms with Crippen molar-refractivity contribution in [3.63, 3.8) is 0 Å². The third kappa shape index (κ3) is 1.98. The highest BCUT2D eigenvalue weighted by atomic mass is 16.5. The summed E-state index contributed by atoms with van der Waals surface area (Å²) >= 11 is 0. The van der Waals surface area contributed by atoms with Gasteiger partial charge in [-0.2, -0.15) is 4.98 Å². The van der Waals surface area contributed by atoms with Crippen molar-refractivity contribution in [2.75, 3.05) is 0 Å². The highest BCUT2D eigenvalue weighted by Gasteiger charge is 2.46. The summed E-state index contributed by atoms with van der Waals surface area (Å²) in [5, 5.41) is 4.01. The third-order valence-corrected chi connectivity index (χ3v) is 3.57. The van der Waals surface area contributed by atoms with Gasteiger partial charge in [0.2, 0.25) is 5.89 Å². The minimum Gasteiger partial charge on any atom is -0.339 e. The lowest BCUT2D eigenvalue weighted by atomic mass is 9.64. The number of aromatic nitrogens is 2. The van der Waals surface area contributed by atoms with Crippen molar-refractivity contribution in [3.8, 4) is 0 Å². The predicted molar refractivity (Wildman–Crippen MR) is 61.7 cm³/mol. The molecule has 2 rings (SSSR count). The Balaban J connectivity index is 2.02. The molecular formula is C12H21N3O. The molecule has 0 bridgehead atoms. The van der Waals surface area contributed by atoms with E-state index in [0.29, 0.717) is 17.7 Å². The van der Waals surface area contributed by atoms with E-state index in [0.717, 1.165) is 31.6 Å². The van der Waals surface area contributed by atoms with Crippen LogP contribution in [0.1, 0.15) is 51.7 Å². The van der Waals surface area contributed by atoms with Crippen molar-refractivity contribution in [3.05, 3.63) is 11.7 Å². The summed E-state index contributed by atoms with van der Waals surface area (Å²) in [6.45, 7) is 6.58. The molecule has 0 aliphatic heterocycles. The Labute approximate surface area is 96.6 Å². The van der Waals surface area contributed by atoms with Gasteiger partial charge < -0.3 is 10.3 Å². The standard InChI is InChI=1S/C12H21N3O/c1-4-5-10-14-11(15-16-10)12(13)6-9(7-12)8(2)3/h8-9H,4-7,13H2,1-3H3. The Morgan fingerprint density at radius 2 is 2.19 bits per heavy atom. The molecule has 4 nitrogen and oxygen atoms in total. The molecule has 0 saturated heterocycles. The molecule has 4 heteroatoms. The molecule has 1 aliphatic rings. The number of aryl methyl sites for hydroxylation is 1. The van der Waals surface area contributed by atoms with Gasteiger partial charge in [0.1, 0.15) is 0 Å². The van der Waals surface area contributed by atoms with Gasteiger partial charge in [0, 0.05) is 6.42 Å². The van der Waals surface area contributed by atoms with Crippen LogP contribution in [0.2, 0.25) is 0 Å². The van der Waals surface area contributed by atoms with E-state index in [9.17, 15) is 0 Å². The summed E-state index contributed by atoms with van der Waals surface area (Å²) < 4.78 is 5.18. The minimum atomic E-state index is -0.329. The summed E-state index contributed by atoms with van der Waals surface area (Å²) in [6.07, 6.45) is 3.83. The van der Waals surface area contributed by atoms with E-state index in [1.54, 1.807) is 0 Å². The van der Waals surface area contributed by atoms with Crippen molar-refractivity contribution in [2.45, 2.75) is 52.0 Å². The highest BCUT2D eigenvalue weighted by molar-refractivity contribution is 5.11. The topological polar surface area (TPSA) is 64.9 Å². The Morgan fingerprint density at radius 1 is 1.50 bits per heavy atom. The van der Waals surface area contributed by atoms with E-state index in [1.807, 2.05) is 0 Å². The number of rotatable bonds is 4. The van der Waals surface area contributed by atoms with Gasteiger partial charge in [0.05, 0.1) is 5.54 Å². The molecule has 1 fully saturated rings. The van der Waals surface area contributed by atoms with Crippen LogP contribution in [-0.4, -0.2) is 10.1 Å². The van der Waals surface area contributed by atoms with Gasteiger partial charge >= 0.3 is 0 Å². The molecule has 1 aromatic heterocycles. The Morgan fingerprint density at radius 3 is 2.75 bits per heavy atom. The average Bonchev–Trinajstić information content (AvgIpc) is 2.62. The zero-order chi connectivity index (χ0) is 11.8. The Bertz CT molecular complexity index is 353. The van der Waals surface area contributed by atoms with Gasteiger partial charge in [0.25, 0.3) is 0 Å². The largest absolute Gasteiger partial charge is 0.339 e. The maximum Gasteiger partial charge on any atom is 0.226 e. The fourth-order valence-electron chi connectivity index (χ4n) is 2.30. The predicted octanol–water partition coefficient (Wildman–Crippen LogP) is 2.24. The minimum absolute atomic E-state index is 0.329. The number of nitrogens with zero attached hydrogens (tertiary/aromatic N) is 2. The molecule has 0 aromatic carbocycles. The molecule has 2 N–H and O–H groups in total. The van der Waals surface area contributed by atoms with Crippen molar-refractivity contribution in [1.29, 1.82) is 0 Å². The monoisotopic (exact) mass is 223 g/mol. The molecule has 90 valence electrons. The number of nitrogens with two attached hydrogens (primary N) is 1. The highest BCUT2D eigenvalue weighted by Crippen LogP contribution is 2.45. The third-order valence-electron chi connectivity index (χ3n) is 3.57. The zero-order valence-electron chi connectivity index (χ0n) is 10.4. The fourth-order valence-corrected chi connectivity index (χ4v) is 2.30.